The topological polar surface area (TPSA) is 64.6 Å². The second-order valence-electron chi connectivity index (χ2n) is 11.4. The average molecular weight is 470 g/mol. The standard InChI is InChI=1S/C29H47N3O2/c1-30-21-27(20-24-10-4-2-5-11-24)31-28(33)32-19-9-15-26(22-32)29(34,18-8-12-23-16-17-23)25-13-6-3-7-14-25/h3,6-7,13-14,23-24,26-27,30,34H,2,4-5,8-12,15-22H2,1H3,(H,31,33)/t26-,27+,29-/m1/s1. The number of benzene rings is 1. The summed E-state index contributed by atoms with van der Waals surface area (Å²) in [7, 11) is 1.97. The number of aliphatic hydroxyl groups is 1. The molecule has 0 bridgehead atoms. The fraction of sp³-hybridized carbons (Fsp3) is 0.759. The first kappa shape index (κ1) is 25.5. The van der Waals surface area contributed by atoms with E-state index in [1.165, 1.54) is 51.4 Å². The first-order valence-corrected chi connectivity index (χ1v) is 14.1. The molecule has 0 unspecified atom stereocenters. The minimum atomic E-state index is -0.860. The number of carbonyl (C=O) groups excluding carboxylic acids is 1. The number of piperidine rings is 1. The molecule has 5 nitrogen and oxygen atoms in total. The van der Waals surface area contributed by atoms with E-state index < -0.39 is 5.60 Å². The zero-order chi connectivity index (χ0) is 23.8. The van der Waals surface area contributed by atoms with Crippen molar-refractivity contribution in [1.29, 1.82) is 0 Å². The summed E-state index contributed by atoms with van der Waals surface area (Å²) >= 11 is 0. The Morgan fingerprint density at radius 2 is 1.82 bits per heavy atom. The van der Waals surface area contributed by atoms with Gasteiger partial charge in [0.15, 0.2) is 0 Å². The molecular formula is C29H47N3O2. The Morgan fingerprint density at radius 3 is 2.53 bits per heavy atom. The molecule has 0 radical (unpaired) electrons. The zero-order valence-electron chi connectivity index (χ0n) is 21.3. The van der Waals surface area contributed by atoms with Gasteiger partial charge in [0, 0.05) is 31.6 Å². The van der Waals surface area contributed by atoms with E-state index in [9.17, 15) is 9.90 Å². The summed E-state index contributed by atoms with van der Waals surface area (Å²) in [4.78, 5) is 15.3. The number of urea groups is 1. The van der Waals surface area contributed by atoms with E-state index in [1.807, 2.05) is 30.1 Å². The minimum absolute atomic E-state index is 0.0501. The number of likely N-dealkylation sites (tertiary alicyclic amines) is 1. The molecule has 2 amide bonds. The van der Waals surface area contributed by atoms with Crippen LogP contribution in [0.2, 0.25) is 0 Å². The molecular weight excluding hydrogens is 422 g/mol. The van der Waals surface area contributed by atoms with E-state index in [-0.39, 0.29) is 18.0 Å². The van der Waals surface area contributed by atoms with E-state index >= 15 is 0 Å². The second kappa shape index (κ2) is 12.4. The predicted molar refractivity (Wildman–Crippen MR) is 139 cm³/mol. The van der Waals surface area contributed by atoms with E-state index in [4.69, 9.17) is 0 Å². The number of hydrogen-bond acceptors (Lipinski definition) is 3. The highest BCUT2D eigenvalue weighted by molar-refractivity contribution is 5.74. The number of nitrogens with one attached hydrogen (secondary N) is 2. The van der Waals surface area contributed by atoms with Crippen molar-refractivity contribution in [3.8, 4) is 0 Å². The molecule has 2 saturated carbocycles. The van der Waals surface area contributed by atoms with Crippen molar-refractivity contribution in [2.75, 3.05) is 26.7 Å². The van der Waals surface area contributed by atoms with Gasteiger partial charge in [0.25, 0.3) is 0 Å². The fourth-order valence-corrected chi connectivity index (χ4v) is 6.46. The summed E-state index contributed by atoms with van der Waals surface area (Å²) in [6, 6.07) is 10.4. The van der Waals surface area contributed by atoms with Crippen LogP contribution in [0.3, 0.4) is 0 Å². The van der Waals surface area contributed by atoms with Crippen molar-refractivity contribution in [2.24, 2.45) is 17.8 Å². The molecule has 0 aromatic heterocycles. The number of amides is 2. The van der Waals surface area contributed by atoms with Gasteiger partial charge in [0.05, 0.1) is 5.60 Å². The van der Waals surface area contributed by atoms with Crippen molar-refractivity contribution in [2.45, 2.75) is 95.1 Å². The minimum Gasteiger partial charge on any atom is -0.385 e. The van der Waals surface area contributed by atoms with Gasteiger partial charge in [-0.15, -0.1) is 0 Å². The monoisotopic (exact) mass is 469 g/mol. The van der Waals surface area contributed by atoms with Crippen LogP contribution in [0.15, 0.2) is 30.3 Å². The summed E-state index contributed by atoms with van der Waals surface area (Å²) in [6.07, 6.45) is 15.4. The van der Waals surface area contributed by atoms with Gasteiger partial charge in [0.1, 0.15) is 0 Å². The Labute approximate surface area is 207 Å². The lowest BCUT2D eigenvalue weighted by atomic mass is 9.74. The van der Waals surface area contributed by atoms with Crippen LogP contribution in [0.25, 0.3) is 0 Å². The summed E-state index contributed by atoms with van der Waals surface area (Å²) in [5.74, 6) is 1.69. The Hall–Kier alpha value is -1.59. The highest BCUT2D eigenvalue weighted by Crippen LogP contribution is 2.42. The largest absolute Gasteiger partial charge is 0.385 e. The number of nitrogens with zero attached hydrogens (tertiary/aromatic N) is 1. The van der Waals surface area contributed by atoms with E-state index in [2.05, 4.69) is 22.8 Å². The Kier molecular flexibility index (Phi) is 9.30. The van der Waals surface area contributed by atoms with Crippen LogP contribution >= 0.6 is 0 Å². The molecule has 4 rings (SSSR count). The molecule has 1 heterocycles. The molecule has 5 heteroatoms. The molecule has 34 heavy (non-hydrogen) atoms. The van der Waals surface area contributed by atoms with Gasteiger partial charge < -0.3 is 20.6 Å². The van der Waals surface area contributed by atoms with Crippen LogP contribution in [-0.4, -0.2) is 48.8 Å². The molecule has 1 aromatic carbocycles. The SMILES string of the molecule is CNC[C@H](CC1CCCCC1)NC(=O)N1CCC[C@@H]([C@@](O)(CCCC2CC2)c2ccccc2)C1. The highest BCUT2D eigenvalue weighted by Gasteiger charge is 2.41. The predicted octanol–water partition coefficient (Wildman–Crippen LogP) is 5.43. The first-order valence-electron chi connectivity index (χ1n) is 14.1. The average Bonchev–Trinajstić information content (AvgIpc) is 3.70. The van der Waals surface area contributed by atoms with Crippen LogP contribution in [0.5, 0.6) is 0 Å². The lowest BCUT2D eigenvalue weighted by Gasteiger charge is -2.43. The lowest BCUT2D eigenvalue weighted by Crippen LogP contribution is -2.54. The molecule has 3 aliphatic rings. The lowest BCUT2D eigenvalue weighted by molar-refractivity contribution is -0.0559. The summed E-state index contributed by atoms with van der Waals surface area (Å²) < 4.78 is 0. The van der Waals surface area contributed by atoms with Crippen LogP contribution in [-0.2, 0) is 5.60 Å². The normalized spacial score (nSPS) is 24.4. The van der Waals surface area contributed by atoms with Crippen molar-refractivity contribution in [3.05, 3.63) is 35.9 Å². The summed E-state index contributed by atoms with van der Waals surface area (Å²) in [5.41, 5.74) is 0.157. The number of carbonyl (C=O) groups is 1. The van der Waals surface area contributed by atoms with Gasteiger partial charge in [-0.1, -0.05) is 81.7 Å². The van der Waals surface area contributed by atoms with Crippen molar-refractivity contribution in [1.82, 2.24) is 15.5 Å². The van der Waals surface area contributed by atoms with E-state index in [0.717, 1.165) is 62.6 Å². The van der Waals surface area contributed by atoms with E-state index in [0.29, 0.717) is 6.54 Å². The van der Waals surface area contributed by atoms with Crippen molar-refractivity contribution in [3.63, 3.8) is 0 Å². The molecule has 190 valence electrons. The summed E-state index contributed by atoms with van der Waals surface area (Å²) in [5, 5.41) is 18.7. The van der Waals surface area contributed by atoms with Gasteiger partial charge in [-0.05, 0) is 56.6 Å². The highest BCUT2D eigenvalue weighted by atomic mass is 16.3. The smallest absolute Gasteiger partial charge is 0.317 e. The molecule has 1 aliphatic heterocycles. The maximum absolute atomic E-state index is 13.4. The second-order valence-corrected chi connectivity index (χ2v) is 11.4. The third-order valence-electron chi connectivity index (χ3n) is 8.65. The third-order valence-corrected chi connectivity index (χ3v) is 8.65. The van der Waals surface area contributed by atoms with Gasteiger partial charge in [-0.3, -0.25) is 0 Å². The summed E-state index contributed by atoms with van der Waals surface area (Å²) in [6.45, 7) is 2.23. The van der Waals surface area contributed by atoms with Crippen LogP contribution in [0.1, 0.15) is 89.0 Å². The number of rotatable bonds is 11. The van der Waals surface area contributed by atoms with Crippen LogP contribution in [0, 0.1) is 17.8 Å². The molecule has 3 fully saturated rings. The van der Waals surface area contributed by atoms with Crippen LogP contribution in [0.4, 0.5) is 4.79 Å². The van der Waals surface area contributed by atoms with Crippen molar-refractivity contribution >= 4 is 6.03 Å². The molecule has 3 atom stereocenters. The quantitative estimate of drug-likeness (QED) is 0.405. The third kappa shape index (κ3) is 6.97. The van der Waals surface area contributed by atoms with E-state index in [1.54, 1.807) is 0 Å². The number of likely N-dealkylation sites (N-methyl/N-ethyl adjacent to an activating group) is 1. The Bertz CT molecular complexity index is 747. The van der Waals surface area contributed by atoms with Crippen LogP contribution < -0.4 is 10.6 Å². The number of hydrogen-bond donors (Lipinski definition) is 3. The molecule has 1 saturated heterocycles. The van der Waals surface area contributed by atoms with Crippen molar-refractivity contribution < 1.29 is 9.90 Å². The maximum atomic E-state index is 13.4. The molecule has 0 spiro atoms. The van der Waals surface area contributed by atoms with Gasteiger partial charge in [0.2, 0.25) is 0 Å². The zero-order valence-corrected chi connectivity index (χ0v) is 21.3. The van der Waals surface area contributed by atoms with Gasteiger partial charge >= 0.3 is 6.03 Å². The molecule has 2 aliphatic carbocycles. The fourth-order valence-electron chi connectivity index (χ4n) is 6.46. The maximum Gasteiger partial charge on any atom is 0.317 e. The Balaban J connectivity index is 1.39. The Morgan fingerprint density at radius 1 is 1.06 bits per heavy atom. The molecule has 3 N–H and O–H groups in total. The van der Waals surface area contributed by atoms with Gasteiger partial charge in [-0.25, -0.2) is 4.79 Å². The first-order chi connectivity index (χ1) is 16.6. The van der Waals surface area contributed by atoms with Gasteiger partial charge in [-0.2, -0.15) is 0 Å². The molecule has 1 aromatic rings.